The molecule has 2 aromatic rings. The van der Waals surface area contributed by atoms with Crippen molar-refractivity contribution < 1.29 is 18.8 Å². The number of methoxy groups -OCH3 is 1. The Morgan fingerprint density at radius 1 is 1.35 bits per heavy atom. The largest absolute Gasteiger partial charge is 0.467 e. The van der Waals surface area contributed by atoms with E-state index in [2.05, 4.69) is 53.4 Å². The van der Waals surface area contributed by atoms with Crippen molar-refractivity contribution in [1.82, 2.24) is 9.88 Å². The maximum absolute atomic E-state index is 12.7. The van der Waals surface area contributed by atoms with Gasteiger partial charge in [0.25, 0.3) is 0 Å². The fraction of sp³-hybridized carbons (Fsp3) is 0.542. The summed E-state index contributed by atoms with van der Waals surface area (Å²) in [5, 5.41) is 0.896. The molecule has 2 heterocycles. The number of carbonyl (C=O) groups is 2. The topological polar surface area (TPSA) is 68.7 Å². The van der Waals surface area contributed by atoms with Crippen molar-refractivity contribution in [2.75, 3.05) is 13.7 Å². The van der Waals surface area contributed by atoms with Crippen molar-refractivity contribution in [2.24, 2.45) is 0 Å². The quantitative estimate of drug-likeness (QED) is 0.119. The zero-order valence-electron chi connectivity index (χ0n) is 21.1. The number of nitrogens with zero attached hydrogens (tertiary/aromatic N) is 2. The summed E-state index contributed by atoms with van der Waals surface area (Å²) in [5.74, 6) is -0.524. The summed E-state index contributed by atoms with van der Waals surface area (Å²) < 4.78 is 12.5. The van der Waals surface area contributed by atoms with Crippen LogP contribution in [0.25, 0.3) is 10.2 Å². The molecule has 0 spiro atoms. The Morgan fingerprint density at radius 2 is 2.03 bits per heavy atom. The van der Waals surface area contributed by atoms with Crippen LogP contribution in [0.5, 0.6) is 0 Å². The highest BCUT2D eigenvalue weighted by Gasteiger charge is 2.45. The highest BCUT2D eigenvalue weighted by Crippen LogP contribution is 2.45. The molecule has 0 aliphatic carbocycles. The number of rotatable bonds is 9. The van der Waals surface area contributed by atoms with Gasteiger partial charge >= 0.3 is 5.97 Å². The number of carbonyl (C=O) groups excluding carboxylic acids is 2. The Bertz CT molecular complexity index is 1100. The van der Waals surface area contributed by atoms with Crippen LogP contribution in [0.1, 0.15) is 45.7 Å². The molecule has 1 aromatic heterocycles. The predicted octanol–water partition coefficient (Wildman–Crippen LogP) is 6.45. The minimum absolute atomic E-state index is 0.0667. The molecule has 6 nitrogen and oxygen atoms in total. The van der Waals surface area contributed by atoms with Gasteiger partial charge in [-0.2, -0.15) is 0 Å². The van der Waals surface area contributed by atoms with Crippen LogP contribution in [0.15, 0.2) is 35.2 Å². The molecular weight excluding hydrogens is 505 g/mol. The van der Waals surface area contributed by atoms with Crippen molar-refractivity contribution in [3.05, 3.63) is 35.4 Å². The Balaban J connectivity index is 1.69. The van der Waals surface area contributed by atoms with E-state index in [1.165, 1.54) is 22.8 Å². The van der Waals surface area contributed by atoms with Gasteiger partial charge in [-0.25, -0.2) is 9.78 Å². The lowest BCUT2D eigenvalue weighted by molar-refractivity contribution is -0.155. The molecule has 3 rings (SSSR count). The first-order valence-corrected chi connectivity index (χ1v) is 17.1. The summed E-state index contributed by atoms with van der Waals surface area (Å²) in [6.07, 6.45) is -0.0667. The van der Waals surface area contributed by atoms with Crippen molar-refractivity contribution >= 4 is 63.3 Å². The second-order valence-electron chi connectivity index (χ2n) is 10.1. The molecule has 1 fully saturated rings. The van der Waals surface area contributed by atoms with Crippen LogP contribution in [-0.2, 0) is 18.8 Å². The standard InChI is InChI=1S/C24H34N2O4S3Si/c1-14(2)20(23(28)29-7)26-13-18(22(26)27)33-32-17-12-10-11-16-19(17)25-21(31-16)15(3)30-34(8,9)24(4,5)6/h10-12,15,18,20H,1,13H2,2-9H3/t15?,18-,20+/m0/s1. The van der Waals surface area contributed by atoms with Gasteiger partial charge in [-0.3, -0.25) is 4.79 Å². The number of benzene rings is 1. The van der Waals surface area contributed by atoms with Gasteiger partial charge in [-0.15, -0.1) is 11.3 Å². The first kappa shape index (κ1) is 27.3. The number of para-hydroxylation sites is 1. The SMILES string of the molecule is C=C(C)[C@H](C(=O)OC)N1C[C@H](SSc2cccc3sc(C(C)O[Si](C)(C)C(C)(C)C)nc23)C1=O. The first-order chi connectivity index (χ1) is 15.8. The van der Waals surface area contributed by atoms with E-state index in [-0.39, 0.29) is 22.3 Å². The molecule has 34 heavy (non-hydrogen) atoms. The van der Waals surface area contributed by atoms with Gasteiger partial charge in [0.1, 0.15) is 10.3 Å². The molecule has 186 valence electrons. The van der Waals surface area contributed by atoms with Crippen LogP contribution in [-0.4, -0.2) is 55.0 Å². The van der Waals surface area contributed by atoms with Gasteiger partial charge in [0.2, 0.25) is 5.91 Å². The summed E-state index contributed by atoms with van der Waals surface area (Å²) >= 11 is 1.67. The monoisotopic (exact) mass is 538 g/mol. The molecule has 1 unspecified atom stereocenters. The van der Waals surface area contributed by atoms with E-state index < -0.39 is 20.3 Å². The lowest BCUT2D eigenvalue weighted by Gasteiger charge is -2.41. The normalized spacial score (nSPS) is 18.5. The maximum Gasteiger partial charge on any atom is 0.332 e. The molecule has 1 aliphatic heterocycles. The lowest BCUT2D eigenvalue weighted by Crippen LogP contribution is -2.61. The number of hydrogen-bond donors (Lipinski definition) is 0. The van der Waals surface area contributed by atoms with Gasteiger partial charge in [0.15, 0.2) is 14.4 Å². The van der Waals surface area contributed by atoms with Crippen LogP contribution >= 0.6 is 32.9 Å². The highest BCUT2D eigenvalue weighted by atomic mass is 33.1. The minimum atomic E-state index is -1.91. The Kier molecular flexibility index (Phi) is 8.29. The average Bonchev–Trinajstić information content (AvgIpc) is 3.19. The van der Waals surface area contributed by atoms with Gasteiger partial charge in [0.05, 0.1) is 23.4 Å². The van der Waals surface area contributed by atoms with E-state index in [1.807, 2.05) is 12.1 Å². The van der Waals surface area contributed by atoms with Gasteiger partial charge in [-0.05, 0) is 49.7 Å². The molecular formula is C24H34N2O4S3Si. The number of esters is 1. The van der Waals surface area contributed by atoms with E-state index in [1.54, 1.807) is 29.1 Å². The number of fused-ring (bicyclic) bond motifs is 1. The maximum atomic E-state index is 12.7. The minimum Gasteiger partial charge on any atom is -0.467 e. The number of aromatic nitrogens is 1. The molecule has 0 radical (unpaired) electrons. The van der Waals surface area contributed by atoms with E-state index in [0.717, 1.165) is 20.1 Å². The number of thiazole rings is 1. The lowest BCUT2D eigenvalue weighted by atomic mass is 10.0. The average molecular weight is 539 g/mol. The van der Waals surface area contributed by atoms with E-state index in [4.69, 9.17) is 14.1 Å². The van der Waals surface area contributed by atoms with Crippen molar-refractivity contribution in [1.29, 1.82) is 0 Å². The molecule has 10 heteroatoms. The molecule has 1 aliphatic rings. The molecule has 1 saturated heterocycles. The van der Waals surface area contributed by atoms with Crippen molar-refractivity contribution in [3.63, 3.8) is 0 Å². The third-order valence-corrected chi connectivity index (χ3v) is 14.9. The Labute approximate surface area is 215 Å². The van der Waals surface area contributed by atoms with E-state index >= 15 is 0 Å². The Morgan fingerprint density at radius 3 is 2.59 bits per heavy atom. The molecule has 0 N–H and O–H groups in total. The van der Waals surface area contributed by atoms with Crippen LogP contribution in [0.2, 0.25) is 18.1 Å². The van der Waals surface area contributed by atoms with Gasteiger partial charge < -0.3 is 14.1 Å². The third kappa shape index (κ3) is 5.56. The number of likely N-dealkylation sites (tertiary alicyclic amines) is 1. The zero-order chi connectivity index (χ0) is 25.4. The van der Waals surface area contributed by atoms with Crippen LogP contribution in [0.3, 0.4) is 0 Å². The number of amides is 1. The first-order valence-electron chi connectivity index (χ1n) is 11.2. The molecule has 1 aromatic carbocycles. The second kappa shape index (κ2) is 10.3. The third-order valence-electron chi connectivity index (χ3n) is 6.40. The van der Waals surface area contributed by atoms with Crippen LogP contribution < -0.4 is 0 Å². The predicted molar refractivity (Wildman–Crippen MR) is 146 cm³/mol. The molecule has 0 bridgehead atoms. The summed E-state index contributed by atoms with van der Waals surface area (Å²) in [5.41, 5.74) is 1.55. The zero-order valence-corrected chi connectivity index (χ0v) is 24.6. The highest BCUT2D eigenvalue weighted by molar-refractivity contribution is 8.77. The van der Waals surface area contributed by atoms with E-state index in [0.29, 0.717) is 12.1 Å². The number of ether oxygens (including phenoxy) is 1. The summed E-state index contributed by atoms with van der Waals surface area (Å²) in [6.45, 7) is 19.4. The molecule has 3 atom stereocenters. The summed E-state index contributed by atoms with van der Waals surface area (Å²) in [7, 11) is 2.48. The number of β-lactam (4-membered cyclic amide) rings is 1. The van der Waals surface area contributed by atoms with Crippen LogP contribution in [0, 0.1) is 0 Å². The fourth-order valence-electron chi connectivity index (χ4n) is 3.39. The van der Waals surface area contributed by atoms with Gasteiger partial charge in [-0.1, -0.05) is 55.0 Å². The van der Waals surface area contributed by atoms with Crippen molar-refractivity contribution in [2.45, 2.75) is 75.0 Å². The smallest absolute Gasteiger partial charge is 0.332 e. The Hall–Kier alpha value is -1.33. The molecule has 1 amide bonds. The fourth-order valence-corrected chi connectivity index (χ4v) is 8.38. The molecule has 0 saturated carbocycles. The summed E-state index contributed by atoms with van der Waals surface area (Å²) in [4.78, 5) is 32.3. The summed E-state index contributed by atoms with van der Waals surface area (Å²) in [6, 6.07) is 5.42. The van der Waals surface area contributed by atoms with Crippen molar-refractivity contribution in [3.8, 4) is 0 Å². The second-order valence-corrected chi connectivity index (χ2v) is 18.4. The number of hydrogen-bond acceptors (Lipinski definition) is 8. The van der Waals surface area contributed by atoms with Crippen LogP contribution in [0.4, 0.5) is 0 Å². The van der Waals surface area contributed by atoms with Gasteiger partial charge in [0, 0.05) is 11.4 Å². The van der Waals surface area contributed by atoms with E-state index in [9.17, 15) is 9.59 Å².